The van der Waals surface area contributed by atoms with Crippen LogP contribution in [0.25, 0.3) is 5.82 Å². The van der Waals surface area contributed by atoms with Crippen molar-refractivity contribution in [3.8, 4) is 5.82 Å². The quantitative estimate of drug-likeness (QED) is 0.508. The van der Waals surface area contributed by atoms with Crippen LogP contribution < -0.4 is 5.32 Å². The summed E-state index contributed by atoms with van der Waals surface area (Å²) in [5, 5.41) is 5.79. The zero-order valence-electron chi connectivity index (χ0n) is 18.5. The number of halogens is 4. The highest BCUT2D eigenvalue weighted by atomic mass is 19.4. The Labute approximate surface area is 181 Å². The van der Waals surface area contributed by atoms with E-state index in [0.29, 0.717) is 10.9 Å². The van der Waals surface area contributed by atoms with Crippen molar-refractivity contribution in [2.24, 2.45) is 0 Å². The number of nitrogens with zero attached hydrogens (tertiary/aromatic N) is 3. The number of esters is 1. The summed E-state index contributed by atoms with van der Waals surface area (Å²) < 4.78 is 66.6. The summed E-state index contributed by atoms with van der Waals surface area (Å²) >= 11 is 0. The lowest BCUT2D eigenvalue weighted by Crippen LogP contribution is -2.28. The van der Waals surface area contributed by atoms with E-state index in [-0.39, 0.29) is 24.2 Å². The van der Waals surface area contributed by atoms with Gasteiger partial charge in [0.15, 0.2) is 23.1 Å². The number of hydrogen-bond acceptors (Lipinski definition) is 6. The molecule has 0 aliphatic rings. The monoisotopic (exact) mass is 460 g/mol. The van der Waals surface area contributed by atoms with Crippen LogP contribution in [0.1, 0.15) is 61.8 Å². The van der Waals surface area contributed by atoms with Crippen molar-refractivity contribution < 1.29 is 36.6 Å². The molecule has 2 aromatic rings. The molecule has 0 saturated heterocycles. The maximum atomic E-state index is 14.9. The molecule has 1 amide bonds. The average molecular weight is 460 g/mol. The third-order valence-corrected chi connectivity index (χ3v) is 4.19. The molecule has 32 heavy (non-hydrogen) atoms. The van der Waals surface area contributed by atoms with Gasteiger partial charge in [0.2, 0.25) is 0 Å². The fraction of sp³-hybridized carbons (Fsp3) is 0.500. The van der Waals surface area contributed by atoms with E-state index in [1.54, 1.807) is 27.7 Å². The lowest BCUT2D eigenvalue weighted by atomic mass is 10.1. The van der Waals surface area contributed by atoms with Gasteiger partial charge in [0.05, 0.1) is 12.8 Å². The van der Waals surface area contributed by atoms with Gasteiger partial charge in [0, 0.05) is 5.56 Å². The zero-order chi connectivity index (χ0) is 24.4. The lowest BCUT2D eigenvalue weighted by molar-refractivity contribution is -0.143. The van der Waals surface area contributed by atoms with Crippen molar-refractivity contribution in [1.29, 1.82) is 0 Å². The second-order valence-electron chi connectivity index (χ2n) is 7.72. The maximum absolute atomic E-state index is 14.9. The first kappa shape index (κ1) is 25.1. The second-order valence-corrected chi connectivity index (χ2v) is 7.72. The topological polar surface area (TPSA) is 95.3 Å². The molecule has 0 unspecified atom stereocenters. The number of rotatable bonds is 5. The van der Waals surface area contributed by atoms with Gasteiger partial charge >= 0.3 is 18.2 Å². The van der Waals surface area contributed by atoms with Crippen LogP contribution >= 0.6 is 0 Å². The molecule has 0 saturated carbocycles. The Morgan fingerprint density at radius 3 is 2.31 bits per heavy atom. The van der Waals surface area contributed by atoms with E-state index >= 15 is 0 Å². The highest BCUT2D eigenvalue weighted by Gasteiger charge is 2.42. The molecule has 0 spiro atoms. The lowest BCUT2D eigenvalue weighted by Gasteiger charge is -2.21. The minimum Gasteiger partial charge on any atom is -0.462 e. The first-order valence-corrected chi connectivity index (χ1v) is 9.72. The van der Waals surface area contributed by atoms with Crippen molar-refractivity contribution in [2.45, 2.75) is 59.7 Å². The smallest absolute Gasteiger partial charge is 0.434 e. The Bertz CT molecular complexity index is 1030. The molecule has 8 nitrogen and oxygen atoms in total. The number of amides is 1. The normalized spacial score (nSPS) is 11.9. The predicted octanol–water partition coefficient (Wildman–Crippen LogP) is 4.82. The molecule has 2 rings (SSSR count). The first-order valence-electron chi connectivity index (χ1n) is 9.72. The number of alkyl halides is 3. The van der Waals surface area contributed by atoms with Gasteiger partial charge in [-0.25, -0.2) is 23.6 Å². The van der Waals surface area contributed by atoms with Crippen molar-refractivity contribution in [2.75, 3.05) is 11.9 Å². The van der Waals surface area contributed by atoms with Crippen LogP contribution in [0, 0.1) is 12.7 Å². The summed E-state index contributed by atoms with van der Waals surface area (Å²) in [5.41, 5.74) is -3.07. The molecule has 0 radical (unpaired) electrons. The van der Waals surface area contributed by atoms with E-state index in [2.05, 4.69) is 20.1 Å². The Balaban J connectivity index is 2.70. The second kappa shape index (κ2) is 9.13. The van der Waals surface area contributed by atoms with E-state index < -0.39 is 52.6 Å². The number of anilines is 1. The van der Waals surface area contributed by atoms with Crippen molar-refractivity contribution in [3.63, 3.8) is 0 Å². The van der Waals surface area contributed by atoms with E-state index in [1.807, 2.05) is 0 Å². The Kier molecular flexibility index (Phi) is 7.16. The molecule has 176 valence electrons. The van der Waals surface area contributed by atoms with Crippen LogP contribution in [-0.4, -0.2) is 39.0 Å². The average Bonchev–Trinajstić information content (AvgIpc) is 3.08. The minimum atomic E-state index is -5.01. The molecule has 12 heteroatoms. The van der Waals surface area contributed by atoms with Gasteiger partial charge in [-0.2, -0.15) is 18.3 Å². The van der Waals surface area contributed by atoms with Gasteiger partial charge < -0.3 is 9.47 Å². The maximum Gasteiger partial charge on any atom is 0.434 e. The van der Waals surface area contributed by atoms with Crippen LogP contribution in [0.15, 0.2) is 6.20 Å². The van der Waals surface area contributed by atoms with Crippen LogP contribution in [-0.2, 0) is 22.1 Å². The molecule has 2 aromatic heterocycles. The van der Waals surface area contributed by atoms with E-state index in [1.165, 1.54) is 13.8 Å². The van der Waals surface area contributed by atoms with Crippen molar-refractivity contribution >= 4 is 17.9 Å². The molecule has 0 fully saturated rings. The Hall–Kier alpha value is -3.18. The van der Waals surface area contributed by atoms with E-state index in [9.17, 15) is 27.2 Å². The summed E-state index contributed by atoms with van der Waals surface area (Å²) in [5.74, 6) is -3.16. The molecule has 0 aromatic carbocycles. The summed E-state index contributed by atoms with van der Waals surface area (Å²) in [6, 6.07) is 0. The van der Waals surface area contributed by atoms with Crippen LogP contribution in [0.4, 0.5) is 28.2 Å². The molecule has 0 atom stereocenters. The molecule has 0 aliphatic carbocycles. The summed E-state index contributed by atoms with van der Waals surface area (Å²) in [7, 11) is 0. The van der Waals surface area contributed by atoms with E-state index in [4.69, 9.17) is 4.74 Å². The van der Waals surface area contributed by atoms with Gasteiger partial charge in [-0.05, 0) is 46.6 Å². The third-order valence-electron chi connectivity index (χ3n) is 4.19. The fourth-order valence-corrected chi connectivity index (χ4v) is 2.93. The zero-order valence-corrected chi connectivity index (χ0v) is 18.5. The molecule has 1 N–H and O–H groups in total. The van der Waals surface area contributed by atoms with Gasteiger partial charge in [-0.1, -0.05) is 6.92 Å². The van der Waals surface area contributed by atoms with E-state index in [0.717, 1.165) is 0 Å². The SMILES string of the molecule is CCOC(=O)c1cnn(-c2nc(NC(=O)OC(C)(C)C)c(F)c(CC)c2C)c1C(F)(F)F. The predicted molar refractivity (Wildman–Crippen MR) is 106 cm³/mol. The van der Waals surface area contributed by atoms with Gasteiger partial charge in [0.25, 0.3) is 0 Å². The molecule has 0 bridgehead atoms. The number of ether oxygens (including phenoxy) is 2. The number of carbonyl (C=O) groups is 2. The Morgan fingerprint density at radius 2 is 1.81 bits per heavy atom. The van der Waals surface area contributed by atoms with Crippen LogP contribution in [0.2, 0.25) is 0 Å². The highest BCUT2D eigenvalue weighted by molar-refractivity contribution is 5.91. The van der Waals surface area contributed by atoms with Crippen molar-refractivity contribution in [1.82, 2.24) is 14.8 Å². The highest BCUT2D eigenvalue weighted by Crippen LogP contribution is 2.35. The largest absolute Gasteiger partial charge is 0.462 e. The van der Waals surface area contributed by atoms with Crippen LogP contribution in [0.5, 0.6) is 0 Å². The standard InChI is InChI=1S/C20H24F4N4O4/c1-7-11-10(3)16(26-15(13(11)21)27-18(30)32-19(4,5)6)28-14(20(22,23)24)12(9-25-28)17(29)31-8-2/h9H,7-8H2,1-6H3,(H,26,27,30). The van der Waals surface area contributed by atoms with Crippen molar-refractivity contribution in [3.05, 3.63) is 34.4 Å². The number of hydrogen-bond donors (Lipinski definition) is 1. The van der Waals surface area contributed by atoms with Gasteiger partial charge in [0.1, 0.15) is 11.2 Å². The third kappa shape index (κ3) is 5.35. The molecule has 2 heterocycles. The number of pyridine rings is 1. The van der Waals surface area contributed by atoms with Crippen LogP contribution in [0.3, 0.4) is 0 Å². The summed E-state index contributed by atoms with van der Waals surface area (Å²) in [4.78, 5) is 28.0. The fourth-order valence-electron chi connectivity index (χ4n) is 2.93. The number of carbonyl (C=O) groups excluding carboxylic acids is 2. The van der Waals surface area contributed by atoms with Gasteiger partial charge in [-0.3, -0.25) is 5.32 Å². The molecular weight excluding hydrogens is 436 g/mol. The molecular formula is C20H24F4N4O4. The van der Waals surface area contributed by atoms with Gasteiger partial charge in [-0.15, -0.1) is 0 Å². The number of nitrogens with one attached hydrogen (secondary N) is 1. The molecule has 0 aliphatic heterocycles. The summed E-state index contributed by atoms with van der Waals surface area (Å²) in [6.07, 6.45) is -5.25. The summed E-state index contributed by atoms with van der Waals surface area (Å²) in [6.45, 7) is 9.03. The number of aromatic nitrogens is 3. The Morgan fingerprint density at radius 1 is 1.19 bits per heavy atom. The first-order chi connectivity index (χ1) is 14.7. The minimum absolute atomic E-state index is 0.0161.